The van der Waals surface area contributed by atoms with Gasteiger partial charge in [-0.3, -0.25) is 0 Å². The molecule has 1 atom stereocenters. The molecule has 1 aromatic rings. The van der Waals surface area contributed by atoms with E-state index >= 15 is 0 Å². The second-order valence-corrected chi connectivity index (χ2v) is 4.10. The van der Waals surface area contributed by atoms with E-state index in [0.717, 1.165) is 12.1 Å². The van der Waals surface area contributed by atoms with Crippen LogP contribution in [0.5, 0.6) is 0 Å². The Labute approximate surface area is 91.6 Å². The zero-order valence-electron chi connectivity index (χ0n) is 6.65. The molecule has 0 aromatic heterocycles. The lowest BCUT2D eigenvalue weighted by atomic mass is 10.1. The highest BCUT2D eigenvalue weighted by atomic mass is 79.9. The van der Waals surface area contributed by atoms with E-state index in [1.165, 1.54) is 6.07 Å². The number of alkyl halides is 3. The lowest BCUT2D eigenvalue weighted by Gasteiger charge is -2.17. The molecule has 0 amide bonds. The van der Waals surface area contributed by atoms with Gasteiger partial charge in [-0.2, -0.15) is 8.78 Å². The highest BCUT2D eigenvalue weighted by Crippen LogP contribution is 2.38. The van der Waals surface area contributed by atoms with Crippen molar-refractivity contribution in [2.75, 3.05) is 0 Å². The molecule has 0 fully saturated rings. The van der Waals surface area contributed by atoms with Crippen LogP contribution in [0.25, 0.3) is 0 Å². The second kappa shape index (κ2) is 4.08. The van der Waals surface area contributed by atoms with Crippen molar-refractivity contribution in [2.24, 2.45) is 0 Å². The normalized spacial score (nSPS) is 14.1. The van der Waals surface area contributed by atoms with Crippen LogP contribution in [-0.2, 0) is 0 Å². The maximum atomic E-state index is 13.0. The van der Waals surface area contributed by atoms with Gasteiger partial charge in [-0.25, -0.2) is 4.39 Å². The van der Waals surface area contributed by atoms with Crippen molar-refractivity contribution in [3.8, 4) is 0 Å². The first-order valence-corrected chi connectivity index (χ1v) is 4.69. The monoisotopic (exact) mass is 288 g/mol. The Morgan fingerprint density at radius 1 is 1.43 bits per heavy atom. The van der Waals surface area contributed by atoms with Crippen molar-refractivity contribution in [1.82, 2.24) is 0 Å². The van der Waals surface area contributed by atoms with Crippen LogP contribution < -0.4 is 0 Å². The molecule has 1 nitrogen and oxygen atoms in total. The molecule has 1 rings (SSSR count). The topological polar surface area (TPSA) is 20.2 Å². The number of rotatable bonds is 2. The molecule has 0 bridgehead atoms. The van der Waals surface area contributed by atoms with Crippen LogP contribution in [0.15, 0.2) is 18.2 Å². The summed E-state index contributed by atoms with van der Waals surface area (Å²) in [5.41, 5.74) is -0.542. The van der Waals surface area contributed by atoms with E-state index in [9.17, 15) is 13.2 Å². The van der Waals surface area contributed by atoms with E-state index < -0.39 is 22.3 Å². The molecule has 0 spiro atoms. The Morgan fingerprint density at radius 2 is 2.00 bits per heavy atom. The first-order chi connectivity index (χ1) is 6.32. The van der Waals surface area contributed by atoms with E-state index in [4.69, 9.17) is 16.7 Å². The van der Waals surface area contributed by atoms with E-state index in [2.05, 4.69) is 0 Å². The van der Waals surface area contributed by atoms with Crippen LogP contribution in [0.1, 0.15) is 11.7 Å². The zero-order valence-corrected chi connectivity index (χ0v) is 8.99. The van der Waals surface area contributed by atoms with Crippen molar-refractivity contribution in [3.63, 3.8) is 0 Å². The zero-order chi connectivity index (χ0) is 10.9. The summed E-state index contributed by atoms with van der Waals surface area (Å²) in [6, 6.07) is 3.08. The minimum atomic E-state index is -3.58. The van der Waals surface area contributed by atoms with Crippen molar-refractivity contribution < 1.29 is 18.3 Å². The summed E-state index contributed by atoms with van der Waals surface area (Å²) in [5, 5.41) is 9.15. The van der Waals surface area contributed by atoms with Crippen LogP contribution in [-0.4, -0.2) is 9.94 Å². The van der Waals surface area contributed by atoms with Crippen LogP contribution >= 0.6 is 27.5 Å². The highest BCUT2D eigenvalue weighted by molar-refractivity contribution is 9.10. The smallest absolute Gasteiger partial charge is 0.330 e. The summed E-state index contributed by atoms with van der Waals surface area (Å²) >= 11 is 7.42. The van der Waals surface area contributed by atoms with Gasteiger partial charge in [0.2, 0.25) is 0 Å². The second-order valence-electron chi connectivity index (χ2n) is 2.61. The number of aliphatic hydroxyl groups is 1. The van der Waals surface area contributed by atoms with Crippen LogP contribution in [0.3, 0.4) is 0 Å². The van der Waals surface area contributed by atoms with Crippen molar-refractivity contribution >= 4 is 27.5 Å². The Kier molecular flexibility index (Phi) is 3.44. The van der Waals surface area contributed by atoms with Gasteiger partial charge in [0.15, 0.2) is 6.10 Å². The summed E-state index contributed by atoms with van der Waals surface area (Å²) in [7, 11) is 0. The molecule has 14 heavy (non-hydrogen) atoms. The lowest BCUT2D eigenvalue weighted by Crippen LogP contribution is -2.19. The number of hydrogen-bond acceptors (Lipinski definition) is 1. The molecule has 0 heterocycles. The summed E-state index contributed by atoms with van der Waals surface area (Å²) in [6.45, 7) is 0. The van der Waals surface area contributed by atoms with Crippen LogP contribution in [0.4, 0.5) is 13.2 Å². The Bertz CT molecular complexity index is 340. The lowest BCUT2D eigenvalue weighted by molar-refractivity contribution is -0.0312. The third-order valence-corrected chi connectivity index (χ3v) is 2.23. The molecule has 0 saturated heterocycles. The number of halogens is 5. The molecule has 1 aromatic carbocycles. The molecule has 78 valence electrons. The van der Waals surface area contributed by atoms with Gasteiger partial charge in [0.05, 0.1) is 0 Å². The minimum Gasteiger partial charge on any atom is -0.381 e. The van der Waals surface area contributed by atoms with Gasteiger partial charge in [-0.15, -0.1) is 0 Å². The maximum Gasteiger partial charge on any atom is 0.330 e. The predicted octanol–water partition coefficient (Wildman–Crippen LogP) is 3.50. The van der Waals surface area contributed by atoms with Crippen LogP contribution in [0.2, 0.25) is 5.02 Å². The van der Waals surface area contributed by atoms with Gasteiger partial charge in [-0.05, 0) is 34.1 Å². The van der Waals surface area contributed by atoms with Crippen molar-refractivity contribution in [2.45, 2.75) is 10.9 Å². The third kappa shape index (κ3) is 2.62. The molecule has 0 saturated carbocycles. The van der Waals surface area contributed by atoms with Gasteiger partial charge >= 0.3 is 4.83 Å². The fourth-order valence-corrected chi connectivity index (χ4v) is 1.33. The largest absolute Gasteiger partial charge is 0.381 e. The Hall–Kier alpha value is -0.260. The van der Waals surface area contributed by atoms with Crippen molar-refractivity contribution in [3.05, 3.63) is 34.6 Å². The summed E-state index contributed by atoms with van der Waals surface area (Å²) < 4.78 is 38.1. The molecule has 1 unspecified atom stereocenters. The molecule has 0 radical (unpaired) electrons. The first-order valence-electron chi connectivity index (χ1n) is 3.52. The molecular weight excluding hydrogens is 284 g/mol. The fraction of sp³-hybridized carbons (Fsp3) is 0.250. The summed E-state index contributed by atoms with van der Waals surface area (Å²) in [6.07, 6.45) is -2.26. The van der Waals surface area contributed by atoms with Gasteiger partial charge < -0.3 is 5.11 Å². The Balaban J connectivity index is 3.12. The fourth-order valence-electron chi connectivity index (χ4n) is 0.900. The molecular formula is C8H5BrClF3O. The van der Waals surface area contributed by atoms with E-state index in [0.29, 0.717) is 0 Å². The van der Waals surface area contributed by atoms with E-state index in [1.54, 1.807) is 0 Å². The van der Waals surface area contributed by atoms with E-state index in [1.807, 2.05) is 15.9 Å². The third-order valence-electron chi connectivity index (χ3n) is 1.56. The van der Waals surface area contributed by atoms with E-state index in [-0.39, 0.29) is 5.02 Å². The number of aliphatic hydroxyl groups excluding tert-OH is 1. The molecule has 0 aliphatic heterocycles. The maximum absolute atomic E-state index is 13.0. The molecule has 1 N–H and O–H groups in total. The van der Waals surface area contributed by atoms with Gasteiger partial charge in [-0.1, -0.05) is 11.6 Å². The average molecular weight is 289 g/mol. The summed E-state index contributed by atoms with van der Waals surface area (Å²) in [5.74, 6) is -0.930. The van der Waals surface area contributed by atoms with Gasteiger partial charge in [0, 0.05) is 10.6 Å². The average Bonchev–Trinajstić information content (AvgIpc) is 2.06. The van der Waals surface area contributed by atoms with Gasteiger partial charge in [0.1, 0.15) is 5.82 Å². The van der Waals surface area contributed by atoms with Crippen molar-refractivity contribution in [1.29, 1.82) is 0 Å². The Morgan fingerprint density at radius 3 is 2.50 bits per heavy atom. The standard InChI is InChI=1S/C8H5BrClF3O/c9-8(12,13)7(14)5-3-4(10)1-2-6(5)11/h1-3,7,14H. The summed E-state index contributed by atoms with van der Waals surface area (Å²) in [4.78, 5) is -3.58. The minimum absolute atomic E-state index is 0.0807. The predicted molar refractivity (Wildman–Crippen MR) is 50.2 cm³/mol. The quantitative estimate of drug-likeness (QED) is 0.826. The molecule has 6 heteroatoms. The molecule has 0 aliphatic carbocycles. The number of benzene rings is 1. The number of hydrogen-bond donors (Lipinski definition) is 1. The van der Waals surface area contributed by atoms with Gasteiger partial charge in [0.25, 0.3) is 0 Å². The SMILES string of the molecule is OC(c1cc(Cl)ccc1F)C(F)(F)Br. The first kappa shape index (κ1) is 11.8. The van der Waals surface area contributed by atoms with Crippen LogP contribution in [0, 0.1) is 5.82 Å². The highest BCUT2D eigenvalue weighted by Gasteiger charge is 2.37. The molecule has 0 aliphatic rings.